The molecule has 0 unspecified atom stereocenters. The number of phenolic OH excluding ortho intramolecular Hbond substituents is 2. The fraction of sp³-hybridized carbons (Fsp3) is 0.415. The number of fused-ring (bicyclic) bond motifs is 5. The monoisotopic (exact) mass is 802 g/mol. The minimum absolute atomic E-state index is 0.00217. The number of aromatic hydroxyl groups is 2. The summed E-state index contributed by atoms with van der Waals surface area (Å²) in [4.78, 5) is 75.2. The van der Waals surface area contributed by atoms with Crippen molar-refractivity contribution < 1.29 is 73.6 Å². The van der Waals surface area contributed by atoms with Crippen LogP contribution < -0.4 is 10.1 Å². The molecule has 7 rings (SSSR count). The molecule has 3 aromatic rings. The van der Waals surface area contributed by atoms with E-state index in [9.17, 15) is 54.6 Å². The van der Waals surface area contributed by atoms with Crippen LogP contribution >= 0.6 is 0 Å². The largest absolute Gasteiger partial charge is 0.507 e. The van der Waals surface area contributed by atoms with E-state index < -0.39 is 141 Å². The van der Waals surface area contributed by atoms with Gasteiger partial charge in [0, 0.05) is 43.9 Å². The van der Waals surface area contributed by atoms with Gasteiger partial charge in [0.25, 0.3) is 5.91 Å². The number of ketones is 4. The number of aryl methyl sites for hydroxylation is 1. The highest BCUT2D eigenvalue weighted by Gasteiger charge is 2.72. The third kappa shape index (κ3) is 5.71. The van der Waals surface area contributed by atoms with Crippen molar-refractivity contribution in [3.8, 4) is 17.2 Å². The van der Waals surface area contributed by atoms with E-state index in [-0.39, 0.29) is 23.2 Å². The van der Waals surface area contributed by atoms with Crippen LogP contribution in [0, 0.1) is 12.8 Å². The van der Waals surface area contributed by atoms with Crippen molar-refractivity contribution in [3.05, 3.63) is 86.5 Å². The van der Waals surface area contributed by atoms with Gasteiger partial charge in [-0.25, -0.2) is 0 Å². The van der Waals surface area contributed by atoms with Gasteiger partial charge in [-0.2, -0.15) is 0 Å². The molecule has 7 N–H and O–H groups in total. The van der Waals surface area contributed by atoms with Crippen LogP contribution in [0.25, 0.3) is 0 Å². The van der Waals surface area contributed by atoms with Crippen LogP contribution in [0.4, 0.5) is 0 Å². The fourth-order valence-corrected chi connectivity index (χ4v) is 8.89. The Labute approximate surface area is 330 Å². The van der Waals surface area contributed by atoms with Crippen LogP contribution in [-0.2, 0) is 32.8 Å². The lowest BCUT2D eigenvalue weighted by Gasteiger charge is -2.53. The maximum atomic E-state index is 14.9. The minimum Gasteiger partial charge on any atom is -0.507 e. The van der Waals surface area contributed by atoms with Crippen molar-refractivity contribution in [2.75, 3.05) is 27.9 Å². The number of amides is 1. The van der Waals surface area contributed by atoms with Crippen molar-refractivity contribution in [2.45, 2.75) is 75.1 Å². The number of benzene rings is 3. The SMILES string of the molecule is COc1ccc(CNC(=O)c2c(C)cc3c(c2O)[C@]2(O)C(=O)c4cc5c(c(O)c4C(=O)[C@]2(OC)[C@H](O)C3)C(=O)CC(=N[C@H]2O[C@@H](C)[C@H](OC)[C@@H](O)[C@H]2CO)C5=O)cc1. The normalized spacial score (nSPS) is 29.7. The van der Waals surface area contributed by atoms with Crippen molar-refractivity contribution >= 4 is 34.8 Å². The maximum absolute atomic E-state index is 14.9. The molecule has 0 radical (unpaired) electrons. The Kier molecular flexibility index (Phi) is 10.4. The zero-order chi connectivity index (χ0) is 42.2. The van der Waals surface area contributed by atoms with Crippen LogP contribution in [0.2, 0.25) is 0 Å². The lowest BCUT2D eigenvalue weighted by Crippen LogP contribution is -2.73. The number of nitrogens with zero attached hydrogens (tertiary/aromatic N) is 1. The van der Waals surface area contributed by atoms with Crippen LogP contribution in [0.5, 0.6) is 17.2 Å². The summed E-state index contributed by atoms with van der Waals surface area (Å²) in [5.41, 5.74) is -9.47. The van der Waals surface area contributed by atoms with E-state index in [1.807, 2.05) is 0 Å². The highest BCUT2D eigenvalue weighted by atomic mass is 16.6. The molecular weight excluding hydrogens is 760 g/mol. The predicted molar refractivity (Wildman–Crippen MR) is 200 cm³/mol. The Bertz CT molecular complexity index is 2300. The van der Waals surface area contributed by atoms with E-state index in [4.69, 9.17) is 18.9 Å². The zero-order valence-corrected chi connectivity index (χ0v) is 32.1. The van der Waals surface area contributed by atoms with Gasteiger partial charge in [-0.1, -0.05) is 18.2 Å². The quantitative estimate of drug-likeness (QED) is 0.166. The second kappa shape index (κ2) is 14.8. The standard InChI is InChI=1S/C41H42N2O15/c1-16-10-19-11-26(46)41(57-5)37(52)29-22(36(51)40(41,54)30(19)34(50)27(16)38(53)42-14-18-6-8-20(55-3)9-7-18)12-21-28(33(29)49)25(45)13-24(31(21)47)43-39-23(15-44)32(48)35(56-4)17(2)58-39/h6-10,12,17,23,26,32,35,39,44,46,48-50,54H,11,13-15H2,1-5H3,(H,42,53)/t17-,23+,26+,32-,35-,39-,40-,41+/m0/s1. The van der Waals surface area contributed by atoms with Crippen molar-refractivity contribution in [1.29, 1.82) is 0 Å². The number of aliphatic hydroxyl groups is 4. The number of nitrogens with one attached hydrogen (secondary N) is 1. The van der Waals surface area contributed by atoms with Crippen molar-refractivity contribution in [2.24, 2.45) is 10.9 Å². The van der Waals surface area contributed by atoms with E-state index >= 15 is 0 Å². The van der Waals surface area contributed by atoms with E-state index in [1.54, 1.807) is 31.2 Å². The smallest absolute Gasteiger partial charge is 0.255 e. The number of methoxy groups -OCH3 is 3. The van der Waals surface area contributed by atoms with E-state index in [0.29, 0.717) is 11.3 Å². The van der Waals surface area contributed by atoms with Crippen LogP contribution in [-0.4, -0.2) is 130 Å². The average Bonchev–Trinajstić information content (AvgIpc) is 3.18. The Morgan fingerprint density at radius 2 is 1.67 bits per heavy atom. The number of ether oxygens (including phenoxy) is 4. The Hall–Kier alpha value is -5.40. The number of hydrogen-bond acceptors (Lipinski definition) is 16. The van der Waals surface area contributed by atoms with Gasteiger partial charge in [0.2, 0.25) is 17.3 Å². The molecule has 17 nitrogen and oxygen atoms in total. The summed E-state index contributed by atoms with van der Waals surface area (Å²) in [5, 5.41) is 71.4. The molecule has 0 spiro atoms. The summed E-state index contributed by atoms with van der Waals surface area (Å²) < 4.78 is 21.9. The lowest BCUT2D eigenvalue weighted by atomic mass is 9.56. The van der Waals surface area contributed by atoms with Crippen molar-refractivity contribution in [3.63, 3.8) is 0 Å². The molecule has 4 aliphatic rings. The summed E-state index contributed by atoms with van der Waals surface area (Å²) in [6.07, 6.45) is -7.35. The van der Waals surface area contributed by atoms with Crippen LogP contribution in [0.15, 0.2) is 41.4 Å². The summed E-state index contributed by atoms with van der Waals surface area (Å²) in [6.45, 7) is 2.43. The summed E-state index contributed by atoms with van der Waals surface area (Å²) in [7, 11) is 3.77. The topological polar surface area (TPSA) is 268 Å². The van der Waals surface area contributed by atoms with Crippen molar-refractivity contribution in [1.82, 2.24) is 5.32 Å². The first-order chi connectivity index (χ1) is 27.5. The fourth-order valence-electron chi connectivity index (χ4n) is 8.89. The highest BCUT2D eigenvalue weighted by Crippen LogP contribution is 2.56. The van der Waals surface area contributed by atoms with Crippen LogP contribution in [0.1, 0.15) is 87.4 Å². The van der Waals surface area contributed by atoms with E-state index in [1.165, 1.54) is 27.2 Å². The van der Waals surface area contributed by atoms with Gasteiger partial charge in [0.15, 0.2) is 23.2 Å². The Morgan fingerprint density at radius 3 is 2.29 bits per heavy atom. The Balaban J connectivity index is 1.34. The molecule has 58 heavy (non-hydrogen) atoms. The molecule has 0 saturated carbocycles. The molecule has 0 aromatic heterocycles. The number of carbonyl (C=O) groups is 5. The third-order valence-corrected chi connectivity index (χ3v) is 11.8. The van der Waals surface area contributed by atoms with Gasteiger partial charge in [-0.3, -0.25) is 29.0 Å². The molecule has 1 saturated heterocycles. The lowest BCUT2D eigenvalue weighted by molar-refractivity contribution is -0.206. The van der Waals surface area contributed by atoms with Gasteiger partial charge >= 0.3 is 0 Å². The molecule has 0 bridgehead atoms. The number of hydrogen-bond donors (Lipinski definition) is 7. The van der Waals surface area contributed by atoms with E-state index in [0.717, 1.165) is 13.2 Å². The molecule has 1 fully saturated rings. The number of rotatable bonds is 8. The average molecular weight is 803 g/mol. The first-order valence-corrected chi connectivity index (χ1v) is 18.4. The molecule has 1 heterocycles. The molecule has 17 heteroatoms. The zero-order valence-electron chi connectivity index (χ0n) is 32.1. The van der Waals surface area contributed by atoms with Gasteiger partial charge in [-0.05, 0) is 48.7 Å². The molecule has 1 amide bonds. The number of carbonyl (C=O) groups excluding carboxylic acids is 5. The number of Topliss-reactive ketones (excluding diaryl/α,β-unsaturated/α-hetero) is 4. The first-order valence-electron chi connectivity index (χ1n) is 18.4. The van der Waals surface area contributed by atoms with Crippen LogP contribution in [0.3, 0.4) is 0 Å². The van der Waals surface area contributed by atoms with Gasteiger partial charge in [-0.15, -0.1) is 0 Å². The number of aliphatic hydroxyl groups excluding tert-OH is 3. The molecule has 8 atom stereocenters. The molecule has 3 aromatic carbocycles. The molecule has 3 aliphatic carbocycles. The number of aliphatic imine (C=N–C) groups is 1. The molecule has 1 aliphatic heterocycles. The maximum Gasteiger partial charge on any atom is 0.255 e. The summed E-state index contributed by atoms with van der Waals surface area (Å²) >= 11 is 0. The second-order valence-corrected chi connectivity index (χ2v) is 14.9. The minimum atomic E-state index is -3.27. The number of phenols is 2. The highest BCUT2D eigenvalue weighted by molar-refractivity contribution is 6.53. The summed E-state index contributed by atoms with van der Waals surface area (Å²) in [5.74, 6) is -7.88. The van der Waals surface area contributed by atoms with Gasteiger partial charge in [0.05, 0.1) is 66.8 Å². The van der Waals surface area contributed by atoms with Gasteiger partial charge < -0.3 is 54.9 Å². The first kappa shape index (κ1) is 40.8. The second-order valence-electron chi connectivity index (χ2n) is 14.9. The van der Waals surface area contributed by atoms with Gasteiger partial charge in [0.1, 0.15) is 23.4 Å². The molecular formula is C41H42N2O15. The predicted octanol–water partition coefficient (Wildman–Crippen LogP) is 0.853. The third-order valence-electron chi connectivity index (χ3n) is 11.8. The van der Waals surface area contributed by atoms with E-state index in [2.05, 4.69) is 10.3 Å². The Morgan fingerprint density at radius 1 is 0.983 bits per heavy atom. The summed E-state index contributed by atoms with van der Waals surface area (Å²) in [6, 6.07) is 9.00. The molecule has 306 valence electrons.